The van der Waals surface area contributed by atoms with Gasteiger partial charge in [0.2, 0.25) is 0 Å². The number of alkyl halides is 3. The molecule has 126 valence electrons. The van der Waals surface area contributed by atoms with E-state index in [4.69, 9.17) is 21.1 Å². The number of carbonyl (C=O) groups excluding carboxylic acids is 1. The minimum Gasteiger partial charge on any atom is -0.388 e. The van der Waals surface area contributed by atoms with Gasteiger partial charge in [0.25, 0.3) is 5.91 Å². The summed E-state index contributed by atoms with van der Waals surface area (Å²) in [6.07, 6.45) is -6.42. The van der Waals surface area contributed by atoms with Crippen LogP contribution < -0.4 is 5.32 Å². The Hall–Kier alpha value is -1.35. The first-order chi connectivity index (χ1) is 10.8. The second kappa shape index (κ2) is 5.94. The Kier molecular flexibility index (Phi) is 4.26. The molecule has 4 atom stereocenters. The lowest BCUT2D eigenvalue weighted by atomic mass is 10.1. The van der Waals surface area contributed by atoms with Gasteiger partial charge in [-0.25, -0.2) is 0 Å². The third-order valence-corrected chi connectivity index (χ3v) is 4.21. The van der Waals surface area contributed by atoms with Crippen LogP contribution in [0.1, 0.15) is 15.9 Å². The number of amides is 1. The Morgan fingerprint density at radius 3 is 2.65 bits per heavy atom. The summed E-state index contributed by atoms with van der Waals surface area (Å²) >= 11 is 5.83. The summed E-state index contributed by atoms with van der Waals surface area (Å²) < 4.78 is 48.9. The molecule has 2 aliphatic heterocycles. The summed E-state index contributed by atoms with van der Waals surface area (Å²) in [6, 6.07) is 1.98. The van der Waals surface area contributed by atoms with Crippen molar-refractivity contribution in [2.45, 2.75) is 30.5 Å². The van der Waals surface area contributed by atoms with E-state index in [9.17, 15) is 23.1 Å². The highest BCUT2D eigenvalue weighted by atomic mass is 35.5. The molecule has 1 aromatic rings. The molecule has 2 saturated heterocycles. The van der Waals surface area contributed by atoms with Crippen LogP contribution in [0.5, 0.6) is 0 Å². The SMILES string of the molecule is O=C(N[C@H]1CO[C@H]2[C@@H]1OC[C@H]2O)c1cc(C(F)(F)F)ccc1Cl. The number of aliphatic hydroxyl groups excluding tert-OH is 1. The lowest BCUT2D eigenvalue weighted by molar-refractivity contribution is -0.137. The molecule has 2 heterocycles. The van der Waals surface area contributed by atoms with Crippen molar-refractivity contribution >= 4 is 17.5 Å². The van der Waals surface area contributed by atoms with Gasteiger partial charge in [-0.2, -0.15) is 13.2 Å². The van der Waals surface area contributed by atoms with Gasteiger partial charge >= 0.3 is 6.18 Å². The highest BCUT2D eigenvalue weighted by Gasteiger charge is 2.47. The van der Waals surface area contributed by atoms with Crippen molar-refractivity contribution in [3.05, 3.63) is 34.3 Å². The first-order valence-electron chi connectivity index (χ1n) is 6.86. The van der Waals surface area contributed by atoms with E-state index >= 15 is 0 Å². The number of carbonyl (C=O) groups is 1. The van der Waals surface area contributed by atoms with Crippen LogP contribution in [0, 0.1) is 0 Å². The van der Waals surface area contributed by atoms with Gasteiger partial charge in [0.1, 0.15) is 18.3 Å². The summed E-state index contributed by atoms with van der Waals surface area (Å²) in [6.45, 7) is 0.195. The second-order valence-electron chi connectivity index (χ2n) is 5.44. The summed E-state index contributed by atoms with van der Waals surface area (Å²) in [5.74, 6) is -0.750. The van der Waals surface area contributed by atoms with Crippen molar-refractivity contribution in [2.75, 3.05) is 13.2 Å². The Labute approximate surface area is 134 Å². The Bertz CT molecular complexity index is 625. The van der Waals surface area contributed by atoms with Crippen molar-refractivity contribution in [2.24, 2.45) is 0 Å². The molecule has 9 heteroatoms. The number of ether oxygens (including phenoxy) is 2. The Morgan fingerprint density at radius 2 is 1.96 bits per heavy atom. The zero-order chi connectivity index (χ0) is 16.8. The fourth-order valence-corrected chi connectivity index (χ4v) is 2.93. The van der Waals surface area contributed by atoms with Gasteiger partial charge in [-0.3, -0.25) is 4.79 Å². The van der Waals surface area contributed by atoms with Crippen molar-refractivity contribution in [3.8, 4) is 0 Å². The van der Waals surface area contributed by atoms with E-state index in [-0.39, 0.29) is 23.8 Å². The van der Waals surface area contributed by atoms with Gasteiger partial charge in [0.15, 0.2) is 0 Å². The monoisotopic (exact) mass is 351 g/mol. The van der Waals surface area contributed by atoms with Crippen LogP contribution in [-0.2, 0) is 15.7 Å². The first-order valence-corrected chi connectivity index (χ1v) is 7.24. The lowest BCUT2D eigenvalue weighted by Gasteiger charge is -2.18. The van der Waals surface area contributed by atoms with Crippen LogP contribution in [0.3, 0.4) is 0 Å². The van der Waals surface area contributed by atoms with Crippen molar-refractivity contribution in [1.82, 2.24) is 5.32 Å². The van der Waals surface area contributed by atoms with Gasteiger partial charge in [-0.05, 0) is 18.2 Å². The van der Waals surface area contributed by atoms with E-state index in [2.05, 4.69) is 5.32 Å². The number of hydrogen-bond donors (Lipinski definition) is 2. The molecule has 23 heavy (non-hydrogen) atoms. The average Bonchev–Trinajstić information content (AvgIpc) is 3.02. The van der Waals surface area contributed by atoms with E-state index in [0.717, 1.165) is 12.1 Å². The van der Waals surface area contributed by atoms with E-state index in [1.807, 2.05) is 0 Å². The maximum absolute atomic E-state index is 12.7. The number of nitrogens with one attached hydrogen (secondary N) is 1. The van der Waals surface area contributed by atoms with Gasteiger partial charge in [0.05, 0.1) is 35.4 Å². The van der Waals surface area contributed by atoms with Gasteiger partial charge in [-0.15, -0.1) is 0 Å². The lowest BCUT2D eigenvalue weighted by Crippen LogP contribution is -2.44. The highest BCUT2D eigenvalue weighted by Crippen LogP contribution is 2.32. The zero-order valence-electron chi connectivity index (χ0n) is 11.6. The number of halogens is 4. The molecule has 5 nitrogen and oxygen atoms in total. The topological polar surface area (TPSA) is 67.8 Å². The molecule has 0 spiro atoms. The predicted octanol–water partition coefficient (Wildman–Crippen LogP) is 1.62. The summed E-state index contributed by atoms with van der Waals surface area (Å²) in [7, 11) is 0. The molecule has 0 bridgehead atoms. The van der Waals surface area contributed by atoms with E-state index in [0.29, 0.717) is 6.07 Å². The van der Waals surface area contributed by atoms with E-state index in [1.165, 1.54) is 0 Å². The third kappa shape index (κ3) is 3.16. The molecule has 0 aliphatic carbocycles. The molecule has 1 amide bonds. The van der Waals surface area contributed by atoms with Gasteiger partial charge in [0, 0.05) is 0 Å². The molecule has 1 aromatic carbocycles. The molecule has 0 saturated carbocycles. The summed E-state index contributed by atoms with van der Waals surface area (Å²) in [4.78, 5) is 12.2. The third-order valence-electron chi connectivity index (χ3n) is 3.88. The number of hydrogen-bond acceptors (Lipinski definition) is 4. The molecule has 2 aliphatic rings. The normalized spacial score (nSPS) is 30.3. The van der Waals surface area contributed by atoms with Crippen molar-refractivity contribution in [3.63, 3.8) is 0 Å². The highest BCUT2D eigenvalue weighted by molar-refractivity contribution is 6.33. The van der Waals surface area contributed by atoms with Crippen molar-refractivity contribution in [1.29, 1.82) is 0 Å². The first kappa shape index (κ1) is 16.5. The fraction of sp³-hybridized carbons (Fsp3) is 0.500. The van der Waals surface area contributed by atoms with E-state index < -0.39 is 42.0 Å². The van der Waals surface area contributed by atoms with Crippen LogP contribution in [0.4, 0.5) is 13.2 Å². The van der Waals surface area contributed by atoms with Crippen LogP contribution in [0.15, 0.2) is 18.2 Å². The fourth-order valence-electron chi connectivity index (χ4n) is 2.72. The number of fused-ring (bicyclic) bond motifs is 1. The largest absolute Gasteiger partial charge is 0.416 e. The Morgan fingerprint density at radius 1 is 1.26 bits per heavy atom. The predicted molar refractivity (Wildman–Crippen MR) is 73.2 cm³/mol. The molecule has 3 rings (SSSR count). The van der Waals surface area contributed by atoms with Gasteiger partial charge in [-0.1, -0.05) is 11.6 Å². The molecule has 0 unspecified atom stereocenters. The van der Waals surface area contributed by atoms with Gasteiger partial charge < -0.3 is 19.9 Å². The minimum atomic E-state index is -4.57. The second-order valence-corrected chi connectivity index (χ2v) is 5.84. The van der Waals surface area contributed by atoms with Crippen LogP contribution in [-0.4, -0.2) is 48.6 Å². The Balaban J connectivity index is 1.76. The smallest absolute Gasteiger partial charge is 0.388 e. The van der Waals surface area contributed by atoms with Crippen LogP contribution in [0.2, 0.25) is 5.02 Å². The molecule has 2 fully saturated rings. The van der Waals surface area contributed by atoms with Crippen molar-refractivity contribution < 1.29 is 32.5 Å². The molecule has 2 N–H and O–H groups in total. The quantitative estimate of drug-likeness (QED) is 0.849. The maximum Gasteiger partial charge on any atom is 0.416 e. The van der Waals surface area contributed by atoms with Crippen LogP contribution >= 0.6 is 11.6 Å². The summed E-state index contributed by atoms with van der Waals surface area (Å²) in [5.41, 5.74) is -1.23. The molecular formula is C14H13ClF3NO4. The number of rotatable bonds is 2. The average molecular weight is 352 g/mol. The standard InChI is InChI=1S/C14H13ClF3NO4/c15-8-2-1-6(14(16,17)18)3-7(8)13(21)19-9-4-22-12-10(20)5-23-11(9)12/h1-3,9-12,20H,4-5H2,(H,19,21)/t9-,10+,11+,12+/m0/s1. The maximum atomic E-state index is 12.7. The van der Waals surface area contributed by atoms with E-state index in [1.54, 1.807) is 0 Å². The molecular weight excluding hydrogens is 339 g/mol. The number of aliphatic hydroxyl groups is 1. The number of benzene rings is 1. The summed E-state index contributed by atoms with van der Waals surface area (Å²) in [5, 5.41) is 12.1. The zero-order valence-corrected chi connectivity index (χ0v) is 12.4. The molecule has 0 aromatic heterocycles. The van der Waals surface area contributed by atoms with Crippen LogP contribution in [0.25, 0.3) is 0 Å². The minimum absolute atomic E-state index is 0.0849. The molecule has 0 radical (unpaired) electrons.